The van der Waals surface area contributed by atoms with Crippen molar-refractivity contribution in [3.63, 3.8) is 0 Å². The highest BCUT2D eigenvalue weighted by atomic mass is 35.5. The standard InChI is InChI=1S/C15H11ClFN3O2/c16-12-6-11(17)3-1-10(12)7-20-8-18-13-4-2-9(5-14(13)20)15(21)19-22/h1-6,8,22H,7H2,(H,19,21). The van der Waals surface area contributed by atoms with Crippen LogP contribution in [0.3, 0.4) is 0 Å². The number of hydroxylamine groups is 1. The normalized spacial score (nSPS) is 10.9. The predicted molar refractivity (Wildman–Crippen MR) is 79.5 cm³/mol. The molecule has 3 rings (SSSR count). The molecule has 22 heavy (non-hydrogen) atoms. The molecule has 0 radical (unpaired) electrons. The second-order valence-corrected chi connectivity index (χ2v) is 5.16. The lowest BCUT2D eigenvalue weighted by atomic mass is 10.1. The summed E-state index contributed by atoms with van der Waals surface area (Å²) >= 11 is 6.03. The summed E-state index contributed by atoms with van der Waals surface area (Å²) in [5.41, 5.74) is 4.05. The molecular formula is C15H11ClFN3O2. The zero-order valence-corrected chi connectivity index (χ0v) is 12.0. The van der Waals surface area contributed by atoms with E-state index in [1.54, 1.807) is 40.6 Å². The molecule has 0 unspecified atom stereocenters. The summed E-state index contributed by atoms with van der Waals surface area (Å²) in [5, 5.41) is 9.03. The fraction of sp³-hybridized carbons (Fsp3) is 0.0667. The van der Waals surface area contributed by atoms with Crippen molar-refractivity contribution in [2.75, 3.05) is 0 Å². The first-order valence-corrected chi connectivity index (χ1v) is 6.79. The molecular weight excluding hydrogens is 309 g/mol. The highest BCUT2D eigenvalue weighted by Crippen LogP contribution is 2.21. The number of imidazole rings is 1. The van der Waals surface area contributed by atoms with Crippen molar-refractivity contribution in [1.82, 2.24) is 15.0 Å². The van der Waals surface area contributed by atoms with Gasteiger partial charge in [-0.25, -0.2) is 14.9 Å². The summed E-state index contributed by atoms with van der Waals surface area (Å²) in [6, 6.07) is 9.06. The van der Waals surface area contributed by atoms with Gasteiger partial charge in [-0.15, -0.1) is 0 Å². The van der Waals surface area contributed by atoms with E-state index >= 15 is 0 Å². The molecule has 5 nitrogen and oxygen atoms in total. The summed E-state index contributed by atoms with van der Waals surface area (Å²) in [4.78, 5) is 15.7. The van der Waals surface area contributed by atoms with Crippen LogP contribution in [0.4, 0.5) is 4.39 Å². The van der Waals surface area contributed by atoms with Gasteiger partial charge < -0.3 is 4.57 Å². The van der Waals surface area contributed by atoms with E-state index in [0.29, 0.717) is 28.2 Å². The van der Waals surface area contributed by atoms with Gasteiger partial charge in [0.15, 0.2) is 0 Å². The highest BCUT2D eigenvalue weighted by Gasteiger charge is 2.10. The minimum absolute atomic E-state index is 0.307. The topological polar surface area (TPSA) is 67.2 Å². The number of carbonyl (C=O) groups excluding carboxylic acids is 1. The van der Waals surface area contributed by atoms with E-state index in [9.17, 15) is 9.18 Å². The van der Waals surface area contributed by atoms with Crippen molar-refractivity contribution in [2.24, 2.45) is 0 Å². The Morgan fingerprint density at radius 2 is 2.14 bits per heavy atom. The van der Waals surface area contributed by atoms with Gasteiger partial charge in [-0.3, -0.25) is 10.0 Å². The van der Waals surface area contributed by atoms with Crippen LogP contribution < -0.4 is 5.48 Å². The number of benzene rings is 2. The fourth-order valence-corrected chi connectivity index (χ4v) is 2.45. The van der Waals surface area contributed by atoms with Crippen LogP contribution in [0, 0.1) is 5.82 Å². The number of amides is 1. The van der Waals surface area contributed by atoms with Crippen molar-refractivity contribution in [1.29, 1.82) is 0 Å². The van der Waals surface area contributed by atoms with Gasteiger partial charge in [-0.2, -0.15) is 0 Å². The van der Waals surface area contributed by atoms with Crippen LogP contribution in [0.1, 0.15) is 15.9 Å². The maximum atomic E-state index is 13.1. The molecule has 1 heterocycles. The number of hydrogen-bond acceptors (Lipinski definition) is 3. The quantitative estimate of drug-likeness (QED) is 0.576. The molecule has 2 N–H and O–H groups in total. The molecule has 7 heteroatoms. The van der Waals surface area contributed by atoms with Crippen LogP contribution in [0.25, 0.3) is 11.0 Å². The number of rotatable bonds is 3. The van der Waals surface area contributed by atoms with Crippen molar-refractivity contribution < 1.29 is 14.4 Å². The second-order valence-electron chi connectivity index (χ2n) is 4.75. The number of fused-ring (bicyclic) bond motifs is 1. The Balaban J connectivity index is 2.01. The zero-order chi connectivity index (χ0) is 15.7. The number of nitrogens with one attached hydrogen (secondary N) is 1. The first kappa shape index (κ1) is 14.5. The molecule has 1 amide bonds. The lowest BCUT2D eigenvalue weighted by Gasteiger charge is -2.07. The van der Waals surface area contributed by atoms with Crippen molar-refractivity contribution in [3.8, 4) is 0 Å². The van der Waals surface area contributed by atoms with Gasteiger partial charge >= 0.3 is 0 Å². The molecule has 0 fully saturated rings. The van der Waals surface area contributed by atoms with Gasteiger partial charge in [0.2, 0.25) is 0 Å². The van der Waals surface area contributed by atoms with Crippen LogP contribution in [0.5, 0.6) is 0 Å². The van der Waals surface area contributed by atoms with Gasteiger partial charge in [-0.05, 0) is 35.9 Å². The smallest absolute Gasteiger partial charge is 0.274 e. The maximum Gasteiger partial charge on any atom is 0.274 e. The summed E-state index contributed by atoms with van der Waals surface area (Å²) in [6.45, 7) is 0.389. The first-order chi connectivity index (χ1) is 10.6. The number of aromatic nitrogens is 2. The molecule has 0 aliphatic rings. The summed E-state index contributed by atoms with van der Waals surface area (Å²) < 4.78 is 14.9. The van der Waals surface area contributed by atoms with E-state index in [1.807, 2.05) is 0 Å². The second kappa shape index (κ2) is 5.75. The van der Waals surface area contributed by atoms with Gasteiger partial charge in [0, 0.05) is 10.6 Å². The van der Waals surface area contributed by atoms with Gasteiger partial charge in [0.05, 0.1) is 23.9 Å². The van der Waals surface area contributed by atoms with E-state index in [2.05, 4.69) is 4.98 Å². The van der Waals surface area contributed by atoms with Crippen LogP contribution in [0.15, 0.2) is 42.7 Å². The lowest BCUT2D eigenvalue weighted by molar-refractivity contribution is 0.0706. The Labute approximate surface area is 129 Å². The number of nitrogens with zero attached hydrogens (tertiary/aromatic N) is 2. The largest absolute Gasteiger partial charge is 0.326 e. The third kappa shape index (κ3) is 2.66. The monoisotopic (exact) mass is 319 g/mol. The number of carbonyl (C=O) groups is 1. The van der Waals surface area contributed by atoms with Crippen LogP contribution in [0.2, 0.25) is 5.02 Å². The van der Waals surface area contributed by atoms with Crippen molar-refractivity contribution in [2.45, 2.75) is 6.54 Å². The summed E-state index contributed by atoms with van der Waals surface area (Å²) in [7, 11) is 0. The van der Waals surface area contributed by atoms with E-state index in [1.165, 1.54) is 12.1 Å². The van der Waals surface area contributed by atoms with Gasteiger partial charge in [0.1, 0.15) is 5.82 Å². The Morgan fingerprint density at radius 1 is 1.32 bits per heavy atom. The predicted octanol–water partition coefficient (Wildman–Crippen LogP) is 3.00. The Bertz CT molecular complexity index is 863. The van der Waals surface area contributed by atoms with Crippen LogP contribution >= 0.6 is 11.6 Å². The van der Waals surface area contributed by atoms with Gasteiger partial charge in [0.25, 0.3) is 5.91 Å². The molecule has 1 aromatic heterocycles. The fourth-order valence-electron chi connectivity index (χ4n) is 2.22. The Morgan fingerprint density at radius 3 is 2.86 bits per heavy atom. The summed E-state index contributed by atoms with van der Waals surface area (Å²) in [6.07, 6.45) is 1.62. The third-order valence-corrected chi connectivity index (χ3v) is 3.69. The molecule has 0 aliphatic heterocycles. The molecule has 0 saturated heterocycles. The molecule has 0 atom stereocenters. The molecule has 3 aromatic rings. The van der Waals surface area contributed by atoms with E-state index in [0.717, 1.165) is 5.56 Å². The van der Waals surface area contributed by atoms with E-state index in [-0.39, 0.29) is 0 Å². The first-order valence-electron chi connectivity index (χ1n) is 6.42. The molecule has 2 aromatic carbocycles. The average molecular weight is 320 g/mol. The van der Waals surface area contributed by atoms with Crippen molar-refractivity contribution >= 4 is 28.5 Å². The van der Waals surface area contributed by atoms with E-state index in [4.69, 9.17) is 16.8 Å². The Hall–Kier alpha value is -2.44. The van der Waals surface area contributed by atoms with Crippen LogP contribution in [-0.4, -0.2) is 20.7 Å². The lowest BCUT2D eigenvalue weighted by Crippen LogP contribution is -2.18. The molecule has 0 spiro atoms. The Kier molecular flexibility index (Phi) is 3.79. The average Bonchev–Trinajstić information content (AvgIpc) is 2.91. The van der Waals surface area contributed by atoms with E-state index < -0.39 is 11.7 Å². The molecule has 0 bridgehead atoms. The minimum Gasteiger partial charge on any atom is -0.326 e. The number of hydrogen-bond donors (Lipinski definition) is 2. The zero-order valence-electron chi connectivity index (χ0n) is 11.3. The molecule has 0 aliphatic carbocycles. The van der Waals surface area contributed by atoms with Crippen LogP contribution in [-0.2, 0) is 6.54 Å². The maximum absolute atomic E-state index is 13.1. The highest BCUT2D eigenvalue weighted by molar-refractivity contribution is 6.31. The summed E-state index contributed by atoms with van der Waals surface area (Å²) in [5.74, 6) is -0.999. The number of halogens is 2. The molecule has 0 saturated carbocycles. The van der Waals surface area contributed by atoms with Gasteiger partial charge in [-0.1, -0.05) is 17.7 Å². The SMILES string of the molecule is O=C(NO)c1ccc2ncn(Cc3ccc(F)cc3Cl)c2c1. The molecule has 112 valence electrons. The third-order valence-electron chi connectivity index (χ3n) is 3.34. The van der Waals surface area contributed by atoms with Crippen molar-refractivity contribution in [3.05, 3.63) is 64.7 Å². The minimum atomic E-state index is -0.602.